The summed E-state index contributed by atoms with van der Waals surface area (Å²) in [6, 6.07) is 16.5. The van der Waals surface area contributed by atoms with Crippen LogP contribution in [0.15, 0.2) is 59.0 Å². The van der Waals surface area contributed by atoms with Gasteiger partial charge in [0.25, 0.3) is 5.91 Å². The Balaban J connectivity index is 1.69. The van der Waals surface area contributed by atoms with Crippen molar-refractivity contribution in [3.05, 3.63) is 76.6 Å². The molecular weight excluding hydrogens is 302 g/mol. The molecule has 0 fully saturated rings. The Morgan fingerprint density at radius 2 is 1.77 bits per heavy atom. The third-order valence-corrected chi connectivity index (χ3v) is 3.33. The second-order valence-corrected chi connectivity index (χ2v) is 5.00. The van der Waals surface area contributed by atoms with Gasteiger partial charge in [0.15, 0.2) is 0 Å². The van der Waals surface area contributed by atoms with Crippen LogP contribution in [0.1, 0.15) is 21.8 Å². The highest BCUT2D eigenvalue weighted by Gasteiger charge is 2.14. The van der Waals surface area contributed by atoms with Gasteiger partial charge in [0, 0.05) is 0 Å². The predicted molar refractivity (Wildman–Crippen MR) is 83.0 cm³/mol. The van der Waals surface area contributed by atoms with Crippen molar-refractivity contribution in [3.63, 3.8) is 0 Å². The van der Waals surface area contributed by atoms with E-state index in [2.05, 4.69) is 15.5 Å². The van der Waals surface area contributed by atoms with E-state index in [-0.39, 0.29) is 11.9 Å². The summed E-state index contributed by atoms with van der Waals surface area (Å²) in [5, 5.41) is 10.6. The molecule has 0 saturated carbocycles. The molecular formula is C16H12ClN3O2. The van der Waals surface area contributed by atoms with E-state index in [9.17, 15) is 4.79 Å². The second kappa shape index (κ2) is 6.41. The number of carbonyl (C=O) groups excluding carboxylic acids is 1. The zero-order chi connectivity index (χ0) is 15.4. The normalized spacial score (nSPS) is 10.4. The summed E-state index contributed by atoms with van der Waals surface area (Å²) in [7, 11) is 0. The van der Waals surface area contributed by atoms with Crippen LogP contribution in [0, 0.1) is 0 Å². The highest BCUT2D eigenvalue weighted by atomic mass is 35.5. The Bertz CT molecular complexity index is 787. The molecule has 0 radical (unpaired) electrons. The van der Waals surface area contributed by atoms with Crippen LogP contribution in [0.2, 0.25) is 5.02 Å². The fraction of sp³-hybridized carbons (Fsp3) is 0.0625. The van der Waals surface area contributed by atoms with Crippen LogP contribution >= 0.6 is 11.6 Å². The number of hydrogen-bond donors (Lipinski definition) is 1. The zero-order valence-corrected chi connectivity index (χ0v) is 12.2. The van der Waals surface area contributed by atoms with Crippen LogP contribution in [-0.4, -0.2) is 16.1 Å². The lowest BCUT2D eigenvalue weighted by Crippen LogP contribution is -2.12. The fourth-order valence-corrected chi connectivity index (χ4v) is 2.18. The molecule has 0 saturated heterocycles. The van der Waals surface area contributed by atoms with Gasteiger partial charge in [0.1, 0.15) is 0 Å². The maximum atomic E-state index is 12.1. The smallest absolute Gasteiger partial charge is 0.322 e. The number of halogens is 1. The number of nitrogens with one attached hydrogen (secondary N) is 1. The van der Waals surface area contributed by atoms with Crippen LogP contribution in [0.5, 0.6) is 0 Å². The topological polar surface area (TPSA) is 68.0 Å². The van der Waals surface area contributed by atoms with Gasteiger partial charge in [-0.05, 0) is 17.7 Å². The lowest BCUT2D eigenvalue weighted by atomic mass is 10.2. The maximum Gasteiger partial charge on any atom is 0.322 e. The third kappa shape index (κ3) is 3.32. The first-order valence-electron chi connectivity index (χ1n) is 6.64. The van der Waals surface area contributed by atoms with Gasteiger partial charge in [-0.3, -0.25) is 10.1 Å². The van der Waals surface area contributed by atoms with E-state index < -0.39 is 0 Å². The van der Waals surface area contributed by atoms with Gasteiger partial charge < -0.3 is 4.42 Å². The van der Waals surface area contributed by atoms with Crippen LogP contribution in [-0.2, 0) is 6.42 Å². The predicted octanol–water partition coefficient (Wildman–Crippen LogP) is 3.57. The highest BCUT2D eigenvalue weighted by molar-refractivity contribution is 6.34. The molecule has 0 unspecified atom stereocenters. The van der Waals surface area contributed by atoms with Crippen LogP contribution in [0.4, 0.5) is 6.01 Å². The quantitative estimate of drug-likeness (QED) is 0.799. The maximum absolute atomic E-state index is 12.1. The van der Waals surface area contributed by atoms with Crippen molar-refractivity contribution in [2.45, 2.75) is 6.42 Å². The molecule has 0 atom stereocenters. The Morgan fingerprint density at radius 3 is 2.55 bits per heavy atom. The second-order valence-electron chi connectivity index (χ2n) is 4.60. The Hall–Kier alpha value is -2.66. The average Bonchev–Trinajstić information content (AvgIpc) is 2.95. The molecule has 0 aliphatic heterocycles. The molecule has 0 aliphatic carbocycles. The van der Waals surface area contributed by atoms with E-state index in [1.54, 1.807) is 24.3 Å². The molecule has 1 amide bonds. The summed E-state index contributed by atoms with van der Waals surface area (Å²) in [5.41, 5.74) is 1.40. The molecule has 0 aliphatic rings. The first-order chi connectivity index (χ1) is 10.7. The summed E-state index contributed by atoms with van der Waals surface area (Å²) < 4.78 is 5.42. The van der Waals surface area contributed by atoms with Crippen molar-refractivity contribution in [2.75, 3.05) is 5.32 Å². The molecule has 22 heavy (non-hydrogen) atoms. The van der Waals surface area contributed by atoms with Gasteiger partial charge in [0.2, 0.25) is 5.89 Å². The summed E-state index contributed by atoms with van der Waals surface area (Å²) in [4.78, 5) is 12.1. The van der Waals surface area contributed by atoms with Crippen molar-refractivity contribution in [1.82, 2.24) is 10.2 Å². The van der Waals surface area contributed by atoms with Crippen molar-refractivity contribution in [2.24, 2.45) is 0 Å². The minimum atomic E-state index is -0.388. The Labute approximate surface area is 131 Å². The number of hydrogen-bond acceptors (Lipinski definition) is 4. The first-order valence-corrected chi connectivity index (χ1v) is 7.02. The number of aromatic nitrogens is 2. The summed E-state index contributed by atoms with van der Waals surface area (Å²) in [6.45, 7) is 0. The Morgan fingerprint density at radius 1 is 1.05 bits per heavy atom. The van der Waals surface area contributed by atoms with Crippen molar-refractivity contribution >= 4 is 23.5 Å². The summed E-state index contributed by atoms with van der Waals surface area (Å²) >= 11 is 5.97. The molecule has 5 nitrogen and oxygen atoms in total. The van der Waals surface area contributed by atoms with Gasteiger partial charge >= 0.3 is 6.01 Å². The van der Waals surface area contributed by atoms with Crippen LogP contribution in [0.25, 0.3) is 0 Å². The van der Waals surface area contributed by atoms with E-state index in [4.69, 9.17) is 16.0 Å². The van der Waals surface area contributed by atoms with E-state index >= 15 is 0 Å². The zero-order valence-electron chi connectivity index (χ0n) is 11.5. The minimum Gasteiger partial charge on any atom is -0.407 e. The van der Waals surface area contributed by atoms with E-state index in [0.717, 1.165) is 5.56 Å². The molecule has 1 N–H and O–H groups in total. The largest absolute Gasteiger partial charge is 0.407 e. The monoisotopic (exact) mass is 313 g/mol. The molecule has 0 spiro atoms. The van der Waals surface area contributed by atoms with Crippen LogP contribution in [0.3, 0.4) is 0 Å². The molecule has 3 rings (SSSR count). The third-order valence-electron chi connectivity index (χ3n) is 3.00. The average molecular weight is 314 g/mol. The van der Waals surface area contributed by atoms with E-state index in [1.807, 2.05) is 30.3 Å². The molecule has 1 aromatic heterocycles. The Kier molecular flexibility index (Phi) is 4.16. The molecule has 0 bridgehead atoms. The minimum absolute atomic E-state index is 0.0517. The van der Waals surface area contributed by atoms with Gasteiger partial charge in [-0.2, -0.15) is 0 Å². The van der Waals surface area contributed by atoms with E-state index in [0.29, 0.717) is 22.9 Å². The summed E-state index contributed by atoms with van der Waals surface area (Å²) in [5.74, 6) is 0.0427. The van der Waals surface area contributed by atoms with Gasteiger partial charge in [-0.1, -0.05) is 59.2 Å². The molecule has 3 aromatic rings. The number of carbonyl (C=O) groups is 1. The van der Waals surface area contributed by atoms with Crippen molar-refractivity contribution in [3.8, 4) is 0 Å². The standard InChI is InChI=1S/C16H12ClN3O2/c17-13-9-5-4-8-12(13)15(21)18-16-20-19-14(22-16)10-11-6-2-1-3-7-11/h1-9H,10H2,(H,18,20,21). The lowest BCUT2D eigenvalue weighted by molar-refractivity contribution is 0.102. The fourth-order valence-electron chi connectivity index (χ4n) is 1.96. The van der Waals surface area contributed by atoms with E-state index in [1.165, 1.54) is 0 Å². The van der Waals surface area contributed by atoms with Crippen molar-refractivity contribution in [1.29, 1.82) is 0 Å². The number of nitrogens with zero attached hydrogens (tertiary/aromatic N) is 2. The van der Waals surface area contributed by atoms with Gasteiger partial charge in [-0.15, -0.1) is 5.10 Å². The molecule has 1 heterocycles. The number of rotatable bonds is 4. The first kappa shape index (κ1) is 14.3. The molecule has 110 valence electrons. The number of amides is 1. The van der Waals surface area contributed by atoms with Crippen LogP contribution < -0.4 is 5.32 Å². The van der Waals surface area contributed by atoms with Crippen molar-refractivity contribution < 1.29 is 9.21 Å². The molecule has 2 aromatic carbocycles. The lowest BCUT2D eigenvalue weighted by Gasteiger charge is -2.02. The number of benzene rings is 2. The summed E-state index contributed by atoms with van der Waals surface area (Å²) in [6.07, 6.45) is 0.510. The highest BCUT2D eigenvalue weighted by Crippen LogP contribution is 2.17. The SMILES string of the molecule is O=C(Nc1nnc(Cc2ccccc2)o1)c1ccccc1Cl. The number of anilines is 1. The molecule has 6 heteroatoms. The van der Waals surface area contributed by atoms with Gasteiger partial charge in [0.05, 0.1) is 17.0 Å². The van der Waals surface area contributed by atoms with Gasteiger partial charge in [-0.25, -0.2) is 0 Å².